The Morgan fingerprint density at radius 1 is 1.00 bits per heavy atom. The van der Waals surface area contributed by atoms with E-state index >= 15 is 0 Å². The van der Waals surface area contributed by atoms with Gasteiger partial charge in [-0.15, -0.1) is 0 Å². The van der Waals surface area contributed by atoms with Gasteiger partial charge in [0.1, 0.15) is 5.82 Å². The molecule has 110 valence electrons. The van der Waals surface area contributed by atoms with Crippen LogP contribution in [0, 0.1) is 5.82 Å². The smallest absolute Gasteiger partial charge is 0.188 e. The molecule has 3 N–H and O–H groups in total. The predicted molar refractivity (Wildman–Crippen MR) is 84.7 cm³/mol. The van der Waals surface area contributed by atoms with Crippen LogP contribution in [0.2, 0.25) is 0 Å². The molecule has 4 heteroatoms. The molecule has 0 heterocycles. The van der Waals surface area contributed by atoms with Gasteiger partial charge in [0.25, 0.3) is 0 Å². The van der Waals surface area contributed by atoms with E-state index in [-0.39, 0.29) is 5.82 Å². The minimum Gasteiger partial charge on any atom is -0.370 e. The number of hydrogen-bond acceptors (Lipinski definition) is 1. The first kappa shape index (κ1) is 15.0. The summed E-state index contributed by atoms with van der Waals surface area (Å²) in [5, 5.41) is 3.04. The zero-order valence-electron chi connectivity index (χ0n) is 11.9. The average Bonchev–Trinajstić information content (AvgIpc) is 2.48. The van der Waals surface area contributed by atoms with E-state index in [0.29, 0.717) is 25.5 Å². The number of aliphatic imine (C=N–C) groups is 1. The van der Waals surface area contributed by atoms with E-state index in [4.69, 9.17) is 5.73 Å². The Morgan fingerprint density at radius 2 is 1.76 bits per heavy atom. The van der Waals surface area contributed by atoms with Gasteiger partial charge in [-0.1, -0.05) is 42.5 Å². The van der Waals surface area contributed by atoms with Gasteiger partial charge in [-0.3, -0.25) is 4.99 Å². The molecule has 0 radical (unpaired) electrons. The highest BCUT2D eigenvalue weighted by Crippen LogP contribution is 2.03. The number of guanidine groups is 1. The van der Waals surface area contributed by atoms with E-state index in [1.807, 2.05) is 24.3 Å². The summed E-state index contributed by atoms with van der Waals surface area (Å²) in [6.45, 7) is 1.30. The third kappa shape index (κ3) is 5.65. The molecule has 2 aromatic rings. The van der Waals surface area contributed by atoms with E-state index in [9.17, 15) is 4.39 Å². The minimum absolute atomic E-state index is 0.211. The number of hydrogen-bond donors (Lipinski definition) is 2. The molecule has 0 fully saturated rings. The lowest BCUT2D eigenvalue weighted by Gasteiger charge is -2.06. The van der Waals surface area contributed by atoms with Crippen LogP contribution >= 0.6 is 0 Å². The van der Waals surface area contributed by atoms with Crippen LogP contribution in [-0.4, -0.2) is 19.0 Å². The Labute approximate surface area is 124 Å². The number of nitrogens with one attached hydrogen (secondary N) is 1. The summed E-state index contributed by atoms with van der Waals surface area (Å²) in [4.78, 5) is 4.28. The Balaban J connectivity index is 1.69. The highest BCUT2D eigenvalue weighted by atomic mass is 19.1. The second-order valence-electron chi connectivity index (χ2n) is 4.81. The lowest BCUT2D eigenvalue weighted by molar-refractivity contribution is 0.625. The molecular formula is C17H20FN3. The summed E-state index contributed by atoms with van der Waals surface area (Å²) in [6.07, 6.45) is 1.58. The number of nitrogens with two attached hydrogens (primary N) is 1. The van der Waals surface area contributed by atoms with Gasteiger partial charge in [0.15, 0.2) is 5.96 Å². The lowest BCUT2D eigenvalue weighted by atomic mass is 10.1. The summed E-state index contributed by atoms with van der Waals surface area (Å²) in [6, 6.07) is 16.7. The standard InChI is InChI=1S/C17H20FN3/c18-16-8-4-7-15(13-16)10-12-21-17(19)20-11-9-14-5-2-1-3-6-14/h1-8,13H,9-12H2,(H3,19,20,21). The second kappa shape index (κ2) is 8.04. The van der Waals surface area contributed by atoms with Crippen LogP contribution in [0.1, 0.15) is 11.1 Å². The normalized spacial score (nSPS) is 11.4. The lowest BCUT2D eigenvalue weighted by Crippen LogP contribution is -2.33. The van der Waals surface area contributed by atoms with Crippen LogP contribution < -0.4 is 11.1 Å². The molecule has 0 amide bonds. The first-order valence-corrected chi connectivity index (χ1v) is 7.06. The Bertz CT molecular complexity index is 582. The highest BCUT2D eigenvalue weighted by Gasteiger charge is 1.97. The van der Waals surface area contributed by atoms with E-state index in [1.165, 1.54) is 17.7 Å². The van der Waals surface area contributed by atoms with E-state index in [1.54, 1.807) is 6.07 Å². The van der Waals surface area contributed by atoms with Crippen LogP contribution in [-0.2, 0) is 12.8 Å². The van der Waals surface area contributed by atoms with Crippen LogP contribution in [0.25, 0.3) is 0 Å². The van der Waals surface area contributed by atoms with Gasteiger partial charge in [0.05, 0.1) is 0 Å². The van der Waals surface area contributed by atoms with Crippen molar-refractivity contribution in [2.45, 2.75) is 12.8 Å². The number of benzene rings is 2. The van der Waals surface area contributed by atoms with Crippen LogP contribution in [0.3, 0.4) is 0 Å². The van der Waals surface area contributed by atoms with Crippen molar-refractivity contribution in [1.29, 1.82) is 0 Å². The monoisotopic (exact) mass is 285 g/mol. The van der Waals surface area contributed by atoms with E-state index < -0.39 is 0 Å². The maximum Gasteiger partial charge on any atom is 0.188 e. The molecule has 0 saturated carbocycles. The first-order valence-electron chi connectivity index (χ1n) is 7.06. The van der Waals surface area contributed by atoms with Gasteiger partial charge in [0.2, 0.25) is 0 Å². The molecule has 21 heavy (non-hydrogen) atoms. The molecule has 0 aliphatic rings. The third-order valence-corrected chi connectivity index (χ3v) is 3.13. The Morgan fingerprint density at radius 3 is 2.52 bits per heavy atom. The minimum atomic E-state index is -0.211. The fourth-order valence-corrected chi connectivity index (χ4v) is 2.03. The molecule has 0 unspecified atom stereocenters. The van der Waals surface area contributed by atoms with Crippen molar-refractivity contribution in [3.05, 3.63) is 71.5 Å². The van der Waals surface area contributed by atoms with Crippen LogP contribution in [0.4, 0.5) is 4.39 Å². The average molecular weight is 285 g/mol. The maximum atomic E-state index is 13.0. The van der Waals surface area contributed by atoms with Gasteiger partial charge in [0, 0.05) is 13.1 Å². The SMILES string of the molecule is NC(=NCCc1ccccc1)NCCc1cccc(F)c1. The largest absolute Gasteiger partial charge is 0.370 e. The molecule has 0 spiro atoms. The van der Waals surface area contributed by atoms with Crippen molar-refractivity contribution in [3.8, 4) is 0 Å². The number of nitrogens with zero attached hydrogens (tertiary/aromatic N) is 1. The Kier molecular flexibility index (Phi) is 5.76. The van der Waals surface area contributed by atoms with Crippen molar-refractivity contribution in [3.63, 3.8) is 0 Å². The molecule has 0 aliphatic carbocycles. The molecule has 0 aliphatic heterocycles. The van der Waals surface area contributed by atoms with E-state index in [2.05, 4.69) is 22.4 Å². The van der Waals surface area contributed by atoms with Gasteiger partial charge in [-0.25, -0.2) is 4.39 Å². The van der Waals surface area contributed by atoms with Crippen molar-refractivity contribution in [2.24, 2.45) is 10.7 Å². The zero-order valence-corrected chi connectivity index (χ0v) is 11.9. The Hall–Kier alpha value is -2.36. The predicted octanol–water partition coefficient (Wildman–Crippen LogP) is 2.52. The van der Waals surface area contributed by atoms with Crippen molar-refractivity contribution < 1.29 is 4.39 Å². The van der Waals surface area contributed by atoms with Crippen molar-refractivity contribution in [1.82, 2.24) is 5.32 Å². The summed E-state index contributed by atoms with van der Waals surface area (Å²) >= 11 is 0. The van der Waals surface area contributed by atoms with Gasteiger partial charge in [-0.2, -0.15) is 0 Å². The van der Waals surface area contributed by atoms with Crippen LogP contribution in [0.5, 0.6) is 0 Å². The topological polar surface area (TPSA) is 50.4 Å². The second-order valence-corrected chi connectivity index (χ2v) is 4.81. The molecular weight excluding hydrogens is 265 g/mol. The van der Waals surface area contributed by atoms with Gasteiger partial charge >= 0.3 is 0 Å². The third-order valence-electron chi connectivity index (χ3n) is 3.13. The van der Waals surface area contributed by atoms with Crippen molar-refractivity contribution >= 4 is 5.96 Å². The molecule has 3 nitrogen and oxygen atoms in total. The summed E-state index contributed by atoms with van der Waals surface area (Å²) in [5.41, 5.74) is 7.99. The van der Waals surface area contributed by atoms with Gasteiger partial charge in [-0.05, 0) is 36.1 Å². The molecule has 0 bridgehead atoms. The highest BCUT2D eigenvalue weighted by molar-refractivity contribution is 5.77. The number of halogens is 1. The zero-order chi connectivity index (χ0) is 14.9. The molecule has 0 aromatic heterocycles. The molecule has 0 saturated heterocycles. The number of rotatable bonds is 6. The maximum absolute atomic E-state index is 13.0. The fraction of sp³-hybridized carbons (Fsp3) is 0.235. The van der Waals surface area contributed by atoms with Crippen molar-refractivity contribution in [2.75, 3.05) is 13.1 Å². The van der Waals surface area contributed by atoms with Gasteiger partial charge < -0.3 is 11.1 Å². The summed E-state index contributed by atoms with van der Waals surface area (Å²) < 4.78 is 13.0. The van der Waals surface area contributed by atoms with E-state index in [0.717, 1.165) is 12.0 Å². The quantitative estimate of drug-likeness (QED) is 0.633. The molecule has 2 aromatic carbocycles. The van der Waals surface area contributed by atoms with Crippen LogP contribution in [0.15, 0.2) is 59.6 Å². The fourth-order valence-electron chi connectivity index (χ4n) is 2.03. The summed E-state index contributed by atoms with van der Waals surface area (Å²) in [7, 11) is 0. The molecule has 2 rings (SSSR count). The summed E-state index contributed by atoms with van der Waals surface area (Å²) in [5.74, 6) is 0.222. The first-order chi connectivity index (χ1) is 10.2. The molecule has 0 atom stereocenters.